The first-order valence-electron chi connectivity index (χ1n) is 6.44. The number of nitrogens with one attached hydrogen (secondary N) is 1. The molecular formula is C13H17F2N5. The van der Waals surface area contributed by atoms with E-state index in [9.17, 15) is 8.78 Å². The van der Waals surface area contributed by atoms with Gasteiger partial charge in [0.2, 0.25) is 0 Å². The molecule has 0 aliphatic carbocycles. The molecule has 3 N–H and O–H groups in total. The van der Waals surface area contributed by atoms with Gasteiger partial charge < -0.3 is 0 Å². The number of halogens is 2. The highest BCUT2D eigenvalue weighted by atomic mass is 19.1. The van der Waals surface area contributed by atoms with E-state index in [1.54, 1.807) is 4.68 Å². The summed E-state index contributed by atoms with van der Waals surface area (Å²) < 4.78 is 29.3. The first kappa shape index (κ1) is 14.5. The van der Waals surface area contributed by atoms with Crippen molar-refractivity contribution in [3.63, 3.8) is 0 Å². The number of hydrogen-bond acceptors (Lipinski definition) is 4. The van der Waals surface area contributed by atoms with Crippen LogP contribution in [0.4, 0.5) is 8.78 Å². The van der Waals surface area contributed by atoms with Crippen molar-refractivity contribution in [2.24, 2.45) is 5.84 Å². The summed E-state index contributed by atoms with van der Waals surface area (Å²) in [5.41, 5.74) is 2.36. The largest absolute Gasteiger partial charge is 0.271 e. The minimum absolute atomic E-state index is 0.0824. The molecular weight excluding hydrogens is 264 g/mol. The van der Waals surface area contributed by atoms with Gasteiger partial charge in [-0.1, -0.05) is 13.0 Å². The molecule has 2 rings (SSSR count). The molecule has 1 heterocycles. The van der Waals surface area contributed by atoms with Crippen molar-refractivity contribution in [1.82, 2.24) is 20.2 Å². The molecule has 2 aromatic rings. The van der Waals surface area contributed by atoms with Gasteiger partial charge in [-0.05, 0) is 18.6 Å². The molecule has 20 heavy (non-hydrogen) atoms. The zero-order valence-corrected chi connectivity index (χ0v) is 11.2. The number of hydrazine groups is 1. The van der Waals surface area contributed by atoms with Gasteiger partial charge in [-0.25, -0.2) is 13.8 Å². The Kier molecular flexibility index (Phi) is 4.75. The third-order valence-corrected chi connectivity index (χ3v) is 3.07. The zero-order valence-electron chi connectivity index (χ0n) is 11.2. The third-order valence-electron chi connectivity index (χ3n) is 3.07. The fourth-order valence-corrected chi connectivity index (χ4v) is 2.12. The van der Waals surface area contributed by atoms with Gasteiger partial charge in [0.25, 0.3) is 0 Å². The van der Waals surface area contributed by atoms with Crippen LogP contribution in [0.25, 0.3) is 0 Å². The van der Waals surface area contributed by atoms with Crippen LogP contribution in [-0.4, -0.2) is 14.8 Å². The molecule has 0 spiro atoms. The molecule has 1 atom stereocenters. The maximum atomic E-state index is 13.8. The second-order valence-corrected chi connectivity index (χ2v) is 4.46. The van der Waals surface area contributed by atoms with Crippen molar-refractivity contribution in [3.8, 4) is 0 Å². The summed E-state index contributed by atoms with van der Waals surface area (Å²) >= 11 is 0. The maximum absolute atomic E-state index is 13.8. The summed E-state index contributed by atoms with van der Waals surface area (Å²) in [7, 11) is 0. The van der Waals surface area contributed by atoms with E-state index in [1.807, 2.05) is 6.92 Å². The van der Waals surface area contributed by atoms with Crippen LogP contribution in [0.5, 0.6) is 0 Å². The summed E-state index contributed by atoms with van der Waals surface area (Å²) in [6, 6.07) is 3.04. The Hall–Kier alpha value is -1.86. The van der Waals surface area contributed by atoms with Crippen LogP contribution in [0.15, 0.2) is 24.5 Å². The number of aromatic nitrogens is 3. The summed E-state index contributed by atoms with van der Waals surface area (Å²) in [6.07, 6.45) is 2.58. The normalized spacial score (nSPS) is 12.6. The molecule has 1 aromatic heterocycles. The summed E-state index contributed by atoms with van der Waals surface area (Å²) in [6.45, 7) is 2.72. The lowest BCUT2D eigenvalue weighted by Crippen LogP contribution is -2.32. The average molecular weight is 281 g/mol. The monoisotopic (exact) mass is 281 g/mol. The fraction of sp³-hybridized carbons (Fsp3) is 0.385. The Balaban J connectivity index is 2.27. The molecule has 0 fully saturated rings. The average Bonchev–Trinajstić information content (AvgIpc) is 2.85. The molecule has 1 aromatic carbocycles. The summed E-state index contributed by atoms with van der Waals surface area (Å²) in [5.74, 6) is 4.82. The zero-order chi connectivity index (χ0) is 14.5. The van der Waals surface area contributed by atoms with E-state index in [4.69, 9.17) is 5.84 Å². The molecule has 1 unspecified atom stereocenters. The van der Waals surface area contributed by atoms with E-state index in [0.29, 0.717) is 12.4 Å². The molecule has 0 saturated heterocycles. The molecule has 7 heteroatoms. The Morgan fingerprint density at radius 2 is 2.05 bits per heavy atom. The number of nitrogens with two attached hydrogens (primary N) is 1. The van der Waals surface area contributed by atoms with Crippen LogP contribution in [0.3, 0.4) is 0 Å². The van der Waals surface area contributed by atoms with Gasteiger partial charge in [0.15, 0.2) is 0 Å². The van der Waals surface area contributed by atoms with E-state index in [1.165, 1.54) is 24.5 Å². The molecule has 0 amide bonds. The third kappa shape index (κ3) is 3.00. The second-order valence-electron chi connectivity index (χ2n) is 4.46. The van der Waals surface area contributed by atoms with E-state index in [-0.39, 0.29) is 12.0 Å². The molecule has 108 valence electrons. The predicted molar refractivity (Wildman–Crippen MR) is 70.4 cm³/mol. The highest BCUT2D eigenvalue weighted by Crippen LogP contribution is 2.23. The van der Waals surface area contributed by atoms with Gasteiger partial charge >= 0.3 is 0 Å². The van der Waals surface area contributed by atoms with Crippen molar-refractivity contribution in [1.29, 1.82) is 0 Å². The Labute approximate surface area is 115 Å². The lowest BCUT2D eigenvalue weighted by Gasteiger charge is -2.17. The maximum Gasteiger partial charge on any atom is 0.138 e. The Bertz CT molecular complexity index is 549. The lowest BCUT2D eigenvalue weighted by atomic mass is 10.0. The number of nitrogens with zero attached hydrogens (tertiary/aromatic N) is 3. The Morgan fingerprint density at radius 1 is 1.35 bits per heavy atom. The van der Waals surface area contributed by atoms with E-state index in [0.717, 1.165) is 6.42 Å². The molecule has 5 nitrogen and oxygen atoms in total. The van der Waals surface area contributed by atoms with Crippen LogP contribution >= 0.6 is 0 Å². The fourth-order valence-electron chi connectivity index (χ4n) is 2.12. The number of hydrogen-bond donors (Lipinski definition) is 2. The minimum Gasteiger partial charge on any atom is -0.271 e. The topological polar surface area (TPSA) is 68.8 Å². The molecule has 0 aliphatic rings. The summed E-state index contributed by atoms with van der Waals surface area (Å²) in [4.78, 5) is 4.12. The van der Waals surface area contributed by atoms with Crippen molar-refractivity contribution < 1.29 is 8.78 Å². The predicted octanol–water partition coefficient (Wildman–Crippen LogP) is 1.71. The smallest absolute Gasteiger partial charge is 0.138 e. The van der Waals surface area contributed by atoms with Crippen molar-refractivity contribution in [2.75, 3.05) is 0 Å². The molecule has 0 bridgehead atoms. The summed E-state index contributed by atoms with van der Waals surface area (Å²) in [5, 5.41) is 4.08. The van der Waals surface area contributed by atoms with Crippen LogP contribution in [0.2, 0.25) is 0 Å². The Morgan fingerprint density at radius 3 is 2.65 bits per heavy atom. The van der Waals surface area contributed by atoms with Crippen LogP contribution in [0, 0.1) is 11.6 Å². The van der Waals surface area contributed by atoms with E-state index in [2.05, 4.69) is 15.5 Å². The second kappa shape index (κ2) is 6.53. The SMILES string of the molecule is CCCn1ncnc1CC(NN)c1c(F)cccc1F. The molecule has 0 aliphatic heterocycles. The first-order chi connectivity index (χ1) is 9.67. The number of benzene rings is 1. The van der Waals surface area contributed by atoms with Gasteiger partial charge in [0.1, 0.15) is 23.8 Å². The van der Waals surface area contributed by atoms with Gasteiger partial charge in [-0.2, -0.15) is 5.10 Å². The standard InChI is InChI=1S/C13H17F2N5/c1-2-6-20-12(17-8-18-20)7-11(19-16)13-9(14)4-3-5-10(13)15/h3-5,8,11,19H,2,6-7,16H2,1H3. The minimum atomic E-state index is -0.698. The van der Waals surface area contributed by atoms with Crippen LogP contribution in [-0.2, 0) is 13.0 Å². The van der Waals surface area contributed by atoms with Gasteiger partial charge in [0.05, 0.1) is 6.04 Å². The van der Waals surface area contributed by atoms with Crippen molar-refractivity contribution >= 4 is 0 Å². The highest BCUT2D eigenvalue weighted by molar-refractivity contribution is 5.24. The van der Waals surface area contributed by atoms with Crippen molar-refractivity contribution in [2.45, 2.75) is 32.4 Å². The van der Waals surface area contributed by atoms with E-state index < -0.39 is 17.7 Å². The van der Waals surface area contributed by atoms with Crippen molar-refractivity contribution in [3.05, 3.63) is 47.5 Å². The van der Waals surface area contributed by atoms with Crippen LogP contribution in [0.1, 0.15) is 30.8 Å². The first-order valence-corrected chi connectivity index (χ1v) is 6.44. The quantitative estimate of drug-likeness (QED) is 0.625. The number of rotatable bonds is 6. The lowest BCUT2D eigenvalue weighted by molar-refractivity contribution is 0.453. The van der Waals surface area contributed by atoms with Crippen LogP contribution < -0.4 is 11.3 Å². The molecule has 0 saturated carbocycles. The van der Waals surface area contributed by atoms with E-state index >= 15 is 0 Å². The van der Waals surface area contributed by atoms with Gasteiger partial charge in [-0.15, -0.1) is 0 Å². The highest BCUT2D eigenvalue weighted by Gasteiger charge is 2.21. The number of aryl methyl sites for hydroxylation is 1. The molecule has 0 radical (unpaired) electrons. The van der Waals surface area contributed by atoms with Gasteiger partial charge in [0, 0.05) is 18.5 Å². The van der Waals surface area contributed by atoms with Gasteiger partial charge in [-0.3, -0.25) is 16.0 Å².